The number of unbranched alkanes of at least 4 members (excludes halogenated alkanes) is 4. The first-order chi connectivity index (χ1) is 20.6. The smallest absolute Gasteiger partial charge is 0.141 e. The maximum Gasteiger partial charge on any atom is 0.141 e. The third-order valence-corrected chi connectivity index (χ3v) is 8.24. The van der Waals surface area contributed by atoms with E-state index in [0.29, 0.717) is 12.0 Å². The van der Waals surface area contributed by atoms with Crippen LogP contribution in [-0.4, -0.2) is 13.3 Å². The van der Waals surface area contributed by atoms with Gasteiger partial charge < -0.3 is 5.73 Å². The van der Waals surface area contributed by atoms with E-state index in [1.807, 2.05) is 19.9 Å². The molecule has 0 bridgehead atoms. The van der Waals surface area contributed by atoms with Crippen molar-refractivity contribution in [1.29, 1.82) is 0 Å². The van der Waals surface area contributed by atoms with E-state index in [4.69, 9.17) is 5.73 Å². The summed E-state index contributed by atoms with van der Waals surface area (Å²) in [7, 11) is 2.25. The monoisotopic (exact) mass is 597 g/mol. The molecule has 1 radical (unpaired) electrons. The average Bonchev–Trinajstić information content (AvgIpc) is 3.00. The molecular formula is C41H79BN. The van der Waals surface area contributed by atoms with Crippen molar-refractivity contribution in [3.8, 4) is 0 Å². The van der Waals surface area contributed by atoms with Crippen molar-refractivity contribution >= 4 is 7.28 Å². The molecule has 2 heteroatoms. The molecule has 2 N–H and O–H groups in total. The molecule has 0 aromatic rings. The maximum absolute atomic E-state index is 5.90. The molecule has 3 unspecified atom stereocenters. The van der Waals surface area contributed by atoms with Crippen LogP contribution in [-0.2, 0) is 0 Å². The predicted octanol–water partition coefficient (Wildman–Crippen LogP) is 13.8. The molecule has 0 fully saturated rings. The second kappa shape index (κ2) is 33.6. The Bertz CT molecular complexity index is 725. The number of rotatable bonds is 13. The molecule has 0 amide bonds. The minimum atomic E-state index is 0.355. The summed E-state index contributed by atoms with van der Waals surface area (Å²) in [6.45, 7) is 30.0. The Labute approximate surface area is 274 Å². The Morgan fingerprint density at radius 2 is 1.53 bits per heavy atom. The third kappa shape index (κ3) is 28.0. The van der Waals surface area contributed by atoms with Crippen LogP contribution in [0.2, 0.25) is 6.32 Å². The highest BCUT2D eigenvalue weighted by Gasteiger charge is 2.18. The molecule has 0 aromatic heterocycles. The first kappa shape index (κ1) is 46.1. The van der Waals surface area contributed by atoms with Crippen molar-refractivity contribution in [2.45, 2.75) is 185 Å². The predicted molar refractivity (Wildman–Crippen MR) is 204 cm³/mol. The molecule has 2 aliphatic rings. The highest BCUT2D eigenvalue weighted by Crippen LogP contribution is 2.31. The zero-order chi connectivity index (χ0) is 33.5. The van der Waals surface area contributed by atoms with Gasteiger partial charge in [-0.1, -0.05) is 168 Å². The summed E-state index contributed by atoms with van der Waals surface area (Å²) in [6, 6.07) is 0.355. The summed E-state index contributed by atoms with van der Waals surface area (Å²) < 4.78 is 0. The van der Waals surface area contributed by atoms with Gasteiger partial charge in [0.05, 0.1) is 0 Å². The normalized spacial score (nSPS) is 17.3. The second-order valence-electron chi connectivity index (χ2n) is 12.8. The molecular weight excluding hydrogens is 517 g/mol. The van der Waals surface area contributed by atoms with Crippen LogP contribution in [0.15, 0.2) is 59.2 Å². The molecule has 43 heavy (non-hydrogen) atoms. The van der Waals surface area contributed by atoms with Gasteiger partial charge in [0.2, 0.25) is 0 Å². The summed E-state index contributed by atoms with van der Waals surface area (Å²) in [5.41, 5.74) is 11.7. The quantitative estimate of drug-likeness (QED) is 0.166. The minimum Gasteiger partial charge on any atom is -0.328 e. The molecule has 1 heterocycles. The van der Waals surface area contributed by atoms with Gasteiger partial charge in [-0.2, -0.15) is 0 Å². The van der Waals surface area contributed by atoms with Crippen molar-refractivity contribution < 1.29 is 0 Å². The van der Waals surface area contributed by atoms with Crippen molar-refractivity contribution in [3.05, 3.63) is 59.2 Å². The molecule has 2 rings (SSSR count). The van der Waals surface area contributed by atoms with E-state index in [0.717, 1.165) is 11.8 Å². The number of hydrogen-bond acceptors (Lipinski definition) is 1. The zero-order valence-electron chi connectivity index (χ0n) is 31.7. The van der Waals surface area contributed by atoms with E-state index in [9.17, 15) is 0 Å². The van der Waals surface area contributed by atoms with E-state index in [2.05, 4.69) is 107 Å². The highest BCUT2D eigenvalue weighted by molar-refractivity contribution is 6.42. The summed E-state index contributed by atoms with van der Waals surface area (Å²) in [5.74, 6) is 4.59. The fraction of sp³-hybridized carbons (Fsp3) is 0.756. The van der Waals surface area contributed by atoms with Crippen molar-refractivity contribution in [2.24, 2.45) is 23.5 Å². The largest absolute Gasteiger partial charge is 0.328 e. The van der Waals surface area contributed by atoms with Crippen LogP contribution in [0.3, 0.4) is 0 Å². The lowest BCUT2D eigenvalue weighted by molar-refractivity contribution is 0.276. The van der Waals surface area contributed by atoms with Gasteiger partial charge in [-0.25, -0.2) is 0 Å². The van der Waals surface area contributed by atoms with Crippen LogP contribution in [0.4, 0.5) is 0 Å². The Kier molecular flexibility index (Phi) is 36.1. The van der Waals surface area contributed by atoms with Crippen LogP contribution in [0.1, 0.15) is 173 Å². The number of nitrogens with two attached hydrogens (primary N) is 1. The van der Waals surface area contributed by atoms with Crippen LogP contribution < -0.4 is 5.73 Å². The molecule has 0 saturated carbocycles. The first-order valence-electron chi connectivity index (χ1n) is 18.5. The first-order valence-corrected chi connectivity index (χ1v) is 18.5. The van der Waals surface area contributed by atoms with E-state index in [1.54, 1.807) is 0 Å². The van der Waals surface area contributed by atoms with Gasteiger partial charge in [-0.05, 0) is 82.3 Å². The third-order valence-electron chi connectivity index (χ3n) is 8.24. The molecule has 0 saturated heterocycles. The fourth-order valence-corrected chi connectivity index (χ4v) is 5.51. The second-order valence-corrected chi connectivity index (χ2v) is 12.8. The Balaban J connectivity index is -0.000000498. The van der Waals surface area contributed by atoms with Crippen LogP contribution >= 0.6 is 0 Å². The summed E-state index contributed by atoms with van der Waals surface area (Å²) >= 11 is 0. The SMILES string of the molecule is C/C=C\C1=C[B]CCC1.C=CC1=C(C=C(C)C)CCC(C)C1.CC.CCCC(CCC)C(C)C(C)N.CCCCCCC. The topological polar surface area (TPSA) is 26.0 Å². The van der Waals surface area contributed by atoms with E-state index < -0.39 is 0 Å². The van der Waals surface area contributed by atoms with E-state index in [1.165, 1.54) is 119 Å². The zero-order valence-corrected chi connectivity index (χ0v) is 31.7. The minimum absolute atomic E-state index is 0.355. The summed E-state index contributed by atoms with van der Waals surface area (Å²) in [5, 5.41) is 0. The van der Waals surface area contributed by atoms with Gasteiger partial charge in [-0.15, -0.1) is 5.98 Å². The lowest BCUT2D eigenvalue weighted by Crippen LogP contribution is -2.30. The molecule has 0 spiro atoms. The van der Waals surface area contributed by atoms with Gasteiger partial charge in [0.15, 0.2) is 0 Å². The molecule has 251 valence electrons. The van der Waals surface area contributed by atoms with Gasteiger partial charge in [0.1, 0.15) is 7.28 Å². The van der Waals surface area contributed by atoms with E-state index >= 15 is 0 Å². The van der Waals surface area contributed by atoms with Crippen LogP contribution in [0.25, 0.3) is 0 Å². The van der Waals surface area contributed by atoms with E-state index in [-0.39, 0.29) is 0 Å². The maximum atomic E-state index is 5.90. The average molecular weight is 597 g/mol. The molecule has 0 aromatic carbocycles. The van der Waals surface area contributed by atoms with Crippen LogP contribution in [0, 0.1) is 17.8 Å². The molecule has 1 aliphatic heterocycles. The fourth-order valence-electron chi connectivity index (χ4n) is 5.51. The summed E-state index contributed by atoms with van der Waals surface area (Å²) in [6.07, 6.45) is 28.5. The Hall–Kier alpha value is -1.28. The van der Waals surface area contributed by atoms with Crippen molar-refractivity contribution in [1.82, 2.24) is 0 Å². The van der Waals surface area contributed by atoms with Crippen molar-refractivity contribution in [2.75, 3.05) is 0 Å². The standard InChI is InChI=1S/C13H20.C11H25N.C8H12B.C7H16.C2H6/c1-5-12-9-11(4)6-7-13(12)8-10(2)3;1-5-7-11(8-6-2)9(3)10(4)12;1-2-4-8-5-3-6-9-7-8;1-3-5-7-6-4-2;1-2/h5,8,11H,1,6-7,9H2,2-4H3;9-11H,5-8,12H2,1-4H3;2,4,7H,3,5-6H2,1H3;3-7H2,1-2H3;1-2H3/b;;4-2-;;. The number of allylic oxidation sites excluding steroid dienone is 8. The Morgan fingerprint density at radius 1 is 0.953 bits per heavy atom. The van der Waals surface area contributed by atoms with Gasteiger partial charge >= 0.3 is 0 Å². The lowest BCUT2D eigenvalue weighted by Gasteiger charge is -2.26. The van der Waals surface area contributed by atoms with Gasteiger partial charge in [0.25, 0.3) is 0 Å². The molecule has 1 nitrogen and oxygen atoms in total. The van der Waals surface area contributed by atoms with Crippen LogP contribution in [0.5, 0.6) is 0 Å². The summed E-state index contributed by atoms with van der Waals surface area (Å²) in [4.78, 5) is 0. The lowest BCUT2D eigenvalue weighted by atomic mass is 9.67. The molecule has 1 aliphatic carbocycles. The number of hydrogen-bond donors (Lipinski definition) is 1. The van der Waals surface area contributed by atoms with Gasteiger partial charge in [-0.3, -0.25) is 0 Å². The highest BCUT2D eigenvalue weighted by atomic mass is 14.6. The molecule has 3 atom stereocenters. The van der Waals surface area contributed by atoms with Crippen molar-refractivity contribution in [3.63, 3.8) is 0 Å². The van der Waals surface area contributed by atoms with Gasteiger partial charge in [0, 0.05) is 6.04 Å². The Morgan fingerprint density at radius 3 is 1.93 bits per heavy atom.